The van der Waals surface area contributed by atoms with Crippen molar-refractivity contribution in [2.75, 3.05) is 18.5 Å². The van der Waals surface area contributed by atoms with Crippen LogP contribution in [0.1, 0.15) is 36.6 Å². The lowest BCUT2D eigenvalue weighted by Crippen LogP contribution is -2.23. The van der Waals surface area contributed by atoms with Crippen molar-refractivity contribution >= 4 is 17.5 Å². The van der Waals surface area contributed by atoms with E-state index in [1.54, 1.807) is 0 Å². The molecule has 1 N–H and O–H groups in total. The van der Waals surface area contributed by atoms with E-state index < -0.39 is 5.41 Å². The summed E-state index contributed by atoms with van der Waals surface area (Å²) in [6, 6.07) is 32.1. The van der Waals surface area contributed by atoms with E-state index in [9.17, 15) is 4.79 Å². The fourth-order valence-corrected chi connectivity index (χ4v) is 5.22. The minimum Gasteiger partial charge on any atom is -0.477 e. The number of hydrogen-bond donors (Lipinski definition) is 1. The zero-order chi connectivity index (χ0) is 28.9. The summed E-state index contributed by atoms with van der Waals surface area (Å²) in [5.74, 6) is 1.67. The number of ether oxygens (including phenoxy) is 2. The van der Waals surface area contributed by atoms with E-state index in [1.807, 2.05) is 80.6 Å². The molecule has 1 saturated carbocycles. The van der Waals surface area contributed by atoms with Crippen LogP contribution in [0.5, 0.6) is 5.88 Å². The molecule has 7 heteroatoms. The molecule has 3 aromatic carbocycles. The van der Waals surface area contributed by atoms with Gasteiger partial charge in [0, 0.05) is 18.1 Å². The number of esters is 1. The maximum absolute atomic E-state index is 12.6. The van der Waals surface area contributed by atoms with E-state index in [2.05, 4.69) is 45.8 Å². The highest BCUT2D eigenvalue weighted by atomic mass is 16.5. The Morgan fingerprint density at radius 2 is 1.64 bits per heavy atom. The topological polar surface area (TPSA) is 86.5 Å². The molecule has 0 bridgehead atoms. The number of benzene rings is 3. The van der Waals surface area contributed by atoms with Gasteiger partial charge in [-0.2, -0.15) is 4.98 Å². The van der Waals surface area contributed by atoms with Crippen LogP contribution >= 0.6 is 0 Å². The molecule has 1 aliphatic rings. The van der Waals surface area contributed by atoms with Gasteiger partial charge in [-0.3, -0.25) is 4.79 Å². The lowest BCUT2D eigenvalue weighted by Gasteiger charge is -2.15. The van der Waals surface area contributed by atoms with Crippen molar-refractivity contribution < 1.29 is 18.8 Å². The Morgan fingerprint density at radius 1 is 0.905 bits per heavy atom. The van der Waals surface area contributed by atoms with Gasteiger partial charge in [-0.05, 0) is 55.0 Å². The lowest BCUT2D eigenvalue weighted by atomic mass is 9.92. The number of nitrogens with zero attached hydrogens (tertiary/aromatic N) is 2. The first kappa shape index (κ1) is 27.3. The molecule has 212 valence electrons. The summed E-state index contributed by atoms with van der Waals surface area (Å²) in [6.07, 6.45) is 2.44. The van der Waals surface area contributed by atoms with Crippen LogP contribution in [0.15, 0.2) is 102 Å². The van der Waals surface area contributed by atoms with Crippen LogP contribution in [0.3, 0.4) is 0 Å². The summed E-state index contributed by atoms with van der Waals surface area (Å²) in [7, 11) is 0. The van der Waals surface area contributed by atoms with Gasteiger partial charge in [0.25, 0.3) is 0 Å². The Kier molecular flexibility index (Phi) is 7.73. The average Bonchev–Trinajstić information content (AvgIpc) is 3.77. The third-order valence-electron chi connectivity index (χ3n) is 7.66. The molecule has 2 heterocycles. The van der Waals surface area contributed by atoms with Crippen LogP contribution in [-0.2, 0) is 21.4 Å². The maximum atomic E-state index is 12.6. The fraction of sp³-hybridized carbons (Fsp3) is 0.229. The number of aryl methyl sites for hydroxylation is 1. The van der Waals surface area contributed by atoms with Crippen molar-refractivity contribution in [3.8, 4) is 28.3 Å². The smallest absolute Gasteiger partial charge is 0.316 e. The highest BCUT2D eigenvalue weighted by Crippen LogP contribution is 2.49. The summed E-state index contributed by atoms with van der Waals surface area (Å²) >= 11 is 0. The SMILES string of the molecule is CCOC(=O)C1(c2ccc(-c3ccccc3-c3onc(C)c3Nc3cccc(OCCc4ccccc4)n3)cc2)CC1. The molecule has 0 radical (unpaired) electrons. The van der Waals surface area contributed by atoms with Gasteiger partial charge >= 0.3 is 5.97 Å². The van der Waals surface area contributed by atoms with Crippen LogP contribution < -0.4 is 10.1 Å². The van der Waals surface area contributed by atoms with Crippen LogP contribution in [0.2, 0.25) is 0 Å². The predicted octanol–water partition coefficient (Wildman–Crippen LogP) is 7.67. The standard InChI is InChI=1S/C35H33N3O4/c1-3-40-34(39)35(21-22-35)27-18-16-26(17-19-27)28-12-7-8-13-29(28)33-32(24(2)38-42-33)37-30-14-9-15-31(36-30)41-23-20-25-10-5-4-6-11-25/h4-19H,3,20-23H2,1-2H3,(H,36,37). The largest absolute Gasteiger partial charge is 0.477 e. The molecule has 0 atom stereocenters. The van der Waals surface area contributed by atoms with Crippen molar-refractivity contribution in [3.63, 3.8) is 0 Å². The highest BCUT2D eigenvalue weighted by molar-refractivity contribution is 5.89. The van der Waals surface area contributed by atoms with Gasteiger partial charge in [0.2, 0.25) is 5.88 Å². The molecular weight excluding hydrogens is 526 g/mol. The molecule has 1 aliphatic carbocycles. The summed E-state index contributed by atoms with van der Waals surface area (Å²) in [4.78, 5) is 17.2. The number of aromatic nitrogens is 2. The second kappa shape index (κ2) is 11.9. The Bertz CT molecular complexity index is 1670. The van der Waals surface area contributed by atoms with Gasteiger partial charge in [-0.15, -0.1) is 0 Å². The number of carbonyl (C=O) groups excluding carboxylic acids is 1. The van der Waals surface area contributed by atoms with E-state index in [4.69, 9.17) is 14.0 Å². The molecule has 0 amide bonds. The molecule has 1 fully saturated rings. The van der Waals surface area contributed by atoms with Crippen molar-refractivity contribution in [2.45, 2.75) is 38.5 Å². The number of carbonyl (C=O) groups is 1. The molecular formula is C35H33N3O4. The van der Waals surface area contributed by atoms with Crippen molar-refractivity contribution in [1.29, 1.82) is 0 Å². The highest BCUT2D eigenvalue weighted by Gasteiger charge is 2.52. The van der Waals surface area contributed by atoms with Crippen molar-refractivity contribution in [3.05, 3.63) is 114 Å². The average molecular weight is 560 g/mol. The maximum Gasteiger partial charge on any atom is 0.316 e. The zero-order valence-electron chi connectivity index (χ0n) is 23.8. The van der Waals surface area contributed by atoms with Gasteiger partial charge in [-0.25, -0.2) is 0 Å². The second-order valence-electron chi connectivity index (χ2n) is 10.5. The third kappa shape index (κ3) is 5.63. The molecule has 42 heavy (non-hydrogen) atoms. The van der Waals surface area contributed by atoms with E-state index in [0.29, 0.717) is 30.7 Å². The number of nitrogens with one attached hydrogen (secondary N) is 1. The fourth-order valence-electron chi connectivity index (χ4n) is 5.22. The van der Waals surface area contributed by atoms with Crippen LogP contribution in [0.25, 0.3) is 22.5 Å². The minimum atomic E-state index is -0.500. The summed E-state index contributed by atoms with van der Waals surface area (Å²) in [6.45, 7) is 4.67. The normalized spacial score (nSPS) is 13.4. The molecule has 0 saturated heterocycles. The monoisotopic (exact) mass is 559 g/mol. The Morgan fingerprint density at radius 3 is 2.38 bits per heavy atom. The molecule has 7 nitrogen and oxygen atoms in total. The van der Waals surface area contributed by atoms with Crippen LogP contribution in [0, 0.1) is 6.92 Å². The molecule has 5 aromatic rings. The second-order valence-corrected chi connectivity index (χ2v) is 10.5. The Balaban J connectivity index is 1.22. The van der Waals surface area contributed by atoms with E-state index in [0.717, 1.165) is 52.9 Å². The van der Waals surface area contributed by atoms with Crippen molar-refractivity contribution in [1.82, 2.24) is 10.1 Å². The van der Waals surface area contributed by atoms with Crippen LogP contribution in [-0.4, -0.2) is 29.3 Å². The number of rotatable bonds is 11. The molecule has 2 aromatic heterocycles. The molecule has 0 spiro atoms. The van der Waals surface area contributed by atoms with Gasteiger partial charge in [-0.1, -0.05) is 90.1 Å². The van der Waals surface area contributed by atoms with E-state index in [1.165, 1.54) is 5.56 Å². The lowest BCUT2D eigenvalue weighted by molar-refractivity contribution is -0.146. The zero-order valence-corrected chi connectivity index (χ0v) is 23.8. The Labute approximate surface area is 245 Å². The first-order valence-electron chi connectivity index (χ1n) is 14.3. The summed E-state index contributed by atoms with van der Waals surface area (Å²) in [5, 5.41) is 7.68. The third-order valence-corrected chi connectivity index (χ3v) is 7.66. The van der Waals surface area contributed by atoms with Gasteiger partial charge in [0.05, 0.1) is 18.6 Å². The van der Waals surface area contributed by atoms with Crippen molar-refractivity contribution in [2.24, 2.45) is 0 Å². The quantitative estimate of drug-likeness (QED) is 0.166. The number of anilines is 2. The Hall–Kier alpha value is -4.91. The summed E-state index contributed by atoms with van der Waals surface area (Å²) in [5.41, 5.74) is 6.09. The molecule has 0 unspecified atom stereocenters. The van der Waals surface area contributed by atoms with E-state index in [-0.39, 0.29) is 5.97 Å². The minimum absolute atomic E-state index is 0.134. The van der Waals surface area contributed by atoms with Gasteiger partial charge in [0.1, 0.15) is 17.2 Å². The first-order chi connectivity index (χ1) is 20.6. The predicted molar refractivity (Wildman–Crippen MR) is 163 cm³/mol. The van der Waals surface area contributed by atoms with Crippen LogP contribution in [0.4, 0.5) is 11.5 Å². The van der Waals surface area contributed by atoms with E-state index >= 15 is 0 Å². The van der Waals surface area contributed by atoms with Gasteiger partial charge in [0.15, 0.2) is 5.76 Å². The molecule has 6 rings (SSSR count). The summed E-state index contributed by atoms with van der Waals surface area (Å²) < 4.78 is 17.2. The first-order valence-corrected chi connectivity index (χ1v) is 14.3. The van der Waals surface area contributed by atoms with Gasteiger partial charge < -0.3 is 19.3 Å². The number of hydrogen-bond acceptors (Lipinski definition) is 7. The number of pyridine rings is 1. The molecule has 0 aliphatic heterocycles.